The maximum atomic E-state index is 12.8. The highest BCUT2D eigenvalue weighted by molar-refractivity contribution is 5.94. The lowest BCUT2D eigenvalue weighted by molar-refractivity contribution is 0.0681. The Morgan fingerprint density at radius 1 is 1.29 bits per heavy atom. The Hall–Kier alpha value is -2.41. The van der Waals surface area contributed by atoms with Crippen LogP contribution < -0.4 is 4.90 Å². The van der Waals surface area contributed by atoms with Crippen LogP contribution in [0.5, 0.6) is 0 Å². The monoisotopic (exact) mass is 383 g/mol. The van der Waals surface area contributed by atoms with E-state index < -0.39 is 0 Å². The van der Waals surface area contributed by atoms with Gasteiger partial charge in [-0.25, -0.2) is 4.98 Å². The lowest BCUT2D eigenvalue weighted by atomic mass is 9.96. The summed E-state index contributed by atoms with van der Waals surface area (Å²) in [5.74, 6) is 1.54. The van der Waals surface area contributed by atoms with Gasteiger partial charge < -0.3 is 14.5 Å². The number of rotatable bonds is 6. The molecule has 0 bridgehead atoms. The fourth-order valence-corrected chi connectivity index (χ4v) is 4.10. The van der Waals surface area contributed by atoms with E-state index in [0.717, 1.165) is 64.3 Å². The van der Waals surface area contributed by atoms with Crippen molar-refractivity contribution in [2.24, 2.45) is 5.92 Å². The molecule has 0 aliphatic carbocycles. The third kappa shape index (κ3) is 4.52. The second kappa shape index (κ2) is 8.73. The SMILES string of the molecule is CN(C[C@@H]1CCCO1)c1ccc(C(=O)N2CCC(Cn3cccn3)CC2)cn1. The second-order valence-electron chi connectivity index (χ2n) is 7.88. The van der Waals surface area contributed by atoms with Crippen molar-refractivity contribution in [3.8, 4) is 0 Å². The third-order valence-electron chi connectivity index (χ3n) is 5.79. The van der Waals surface area contributed by atoms with Crippen molar-refractivity contribution < 1.29 is 9.53 Å². The quantitative estimate of drug-likeness (QED) is 0.767. The fraction of sp³-hybridized carbons (Fsp3) is 0.571. The van der Waals surface area contributed by atoms with E-state index in [1.807, 2.05) is 47.2 Å². The number of likely N-dealkylation sites (tertiary alicyclic amines) is 1. The predicted molar refractivity (Wildman–Crippen MR) is 107 cm³/mol. The van der Waals surface area contributed by atoms with E-state index in [0.29, 0.717) is 11.5 Å². The Kier molecular flexibility index (Phi) is 5.90. The number of carbonyl (C=O) groups is 1. The number of carbonyl (C=O) groups excluding carboxylic acids is 1. The summed E-state index contributed by atoms with van der Waals surface area (Å²) in [6.45, 7) is 4.22. The number of hydrogen-bond acceptors (Lipinski definition) is 5. The molecule has 2 aliphatic rings. The van der Waals surface area contributed by atoms with Crippen LogP contribution >= 0.6 is 0 Å². The van der Waals surface area contributed by atoms with Crippen LogP contribution in [0.1, 0.15) is 36.0 Å². The molecule has 1 amide bonds. The van der Waals surface area contributed by atoms with Crippen LogP contribution in [0.2, 0.25) is 0 Å². The molecule has 2 aromatic rings. The van der Waals surface area contributed by atoms with Gasteiger partial charge >= 0.3 is 0 Å². The number of ether oxygens (including phenoxy) is 1. The molecular weight excluding hydrogens is 354 g/mol. The van der Waals surface area contributed by atoms with Crippen LogP contribution in [-0.4, -0.2) is 65.0 Å². The molecule has 4 rings (SSSR count). The molecule has 28 heavy (non-hydrogen) atoms. The normalized spacial score (nSPS) is 20.5. The van der Waals surface area contributed by atoms with Gasteiger partial charge in [-0.2, -0.15) is 5.10 Å². The molecule has 1 atom stereocenters. The molecule has 7 nitrogen and oxygen atoms in total. The first kappa shape index (κ1) is 18.9. The van der Waals surface area contributed by atoms with Crippen LogP contribution in [-0.2, 0) is 11.3 Å². The zero-order valence-corrected chi connectivity index (χ0v) is 16.5. The smallest absolute Gasteiger partial charge is 0.255 e. The van der Waals surface area contributed by atoms with Crippen LogP contribution in [0.25, 0.3) is 0 Å². The third-order valence-corrected chi connectivity index (χ3v) is 5.79. The summed E-state index contributed by atoms with van der Waals surface area (Å²) in [6.07, 6.45) is 10.1. The van der Waals surface area contributed by atoms with Gasteiger partial charge in [0.1, 0.15) is 5.82 Å². The molecule has 0 unspecified atom stereocenters. The molecule has 0 aromatic carbocycles. The van der Waals surface area contributed by atoms with Crippen molar-refractivity contribution in [3.05, 3.63) is 42.4 Å². The summed E-state index contributed by atoms with van der Waals surface area (Å²) in [4.78, 5) is 21.4. The largest absolute Gasteiger partial charge is 0.376 e. The summed E-state index contributed by atoms with van der Waals surface area (Å²) in [5, 5.41) is 4.28. The fourth-order valence-electron chi connectivity index (χ4n) is 4.10. The molecule has 2 aliphatic heterocycles. The highest BCUT2D eigenvalue weighted by Gasteiger charge is 2.24. The molecular formula is C21H29N5O2. The van der Waals surface area contributed by atoms with Gasteiger partial charge in [-0.15, -0.1) is 0 Å². The summed E-state index contributed by atoms with van der Waals surface area (Å²) < 4.78 is 7.68. The van der Waals surface area contributed by atoms with Gasteiger partial charge in [-0.1, -0.05) is 0 Å². The van der Waals surface area contributed by atoms with Gasteiger partial charge in [0.2, 0.25) is 0 Å². The first-order chi connectivity index (χ1) is 13.7. The zero-order valence-electron chi connectivity index (χ0n) is 16.5. The van der Waals surface area contributed by atoms with Crippen molar-refractivity contribution in [3.63, 3.8) is 0 Å². The van der Waals surface area contributed by atoms with Gasteiger partial charge in [0.15, 0.2) is 0 Å². The minimum absolute atomic E-state index is 0.0818. The lowest BCUT2D eigenvalue weighted by Crippen LogP contribution is -2.39. The van der Waals surface area contributed by atoms with Crippen molar-refractivity contribution in [2.75, 3.05) is 38.2 Å². The topological polar surface area (TPSA) is 63.5 Å². The molecule has 4 heterocycles. The number of hydrogen-bond donors (Lipinski definition) is 0. The standard InChI is InChI=1S/C21H29N5O2/c1-24(16-19-4-2-13-28-19)20-6-5-18(14-22-20)21(27)25-11-7-17(8-12-25)15-26-10-3-9-23-26/h3,5-6,9-10,14,17,19H,2,4,7-8,11-13,15-16H2,1H3/t19-/m0/s1. The Balaban J connectivity index is 1.28. The number of anilines is 1. The number of aromatic nitrogens is 3. The highest BCUT2D eigenvalue weighted by atomic mass is 16.5. The molecule has 150 valence electrons. The van der Waals surface area contributed by atoms with Gasteiger partial charge in [-0.05, 0) is 49.8 Å². The van der Waals surface area contributed by atoms with E-state index >= 15 is 0 Å². The second-order valence-corrected chi connectivity index (χ2v) is 7.88. The molecule has 2 fully saturated rings. The molecule has 0 spiro atoms. The molecule has 2 saturated heterocycles. The molecule has 0 N–H and O–H groups in total. The summed E-state index contributed by atoms with van der Waals surface area (Å²) >= 11 is 0. The van der Waals surface area contributed by atoms with Crippen LogP contribution in [0.4, 0.5) is 5.82 Å². The van der Waals surface area contributed by atoms with Crippen LogP contribution in [0.15, 0.2) is 36.8 Å². The van der Waals surface area contributed by atoms with E-state index in [9.17, 15) is 4.79 Å². The summed E-state index contributed by atoms with van der Waals surface area (Å²) in [6, 6.07) is 5.78. The molecule has 7 heteroatoms. The minimum atomic E-state index is 0.0818. The van der Waals surface area contributed by atoms with E-state index in [1.54, 1.807) is 6.20 Å². The Morgan fingerprint density at radius 3 is 2.79 bits per heavy atom. The first-order valence-corrected chi connectivity index (χ1v) is 10.2. The number of amides is 1. The number of piperidine rings is 1. The van der Waals surface area contributed by atoms with E-state index in [1.165, 1.54) is 0 Å². The maximum Gasteiger partial charge on any atom is 0.255 e. The van der Waals surface area contributed by atoms with Crippen molar-refractivity contribution >= 4 is 11.7 Å². The molecule has 0 radical (unpaired) electrons. The van der Waals surface area contributed by atoms with Gasteiger partial charge in [-0.3, -0.25) is 9.48 Å². The zero-order chi connectivity index (χ0) is 19.3. The summed E-state index contributed by atoms with van der Waals surface area (Å²) in [5.41, 5.74) is 0.666. The Bertz CT molecular complexity index is 748. The minimum Gasteiger partial charge on any atom is -0.376 e. The summed E-state index contributed by atoms with van der Waals surface area (Å²) in [7, 11) is 2.02. The van der Waals surface area contributed by atoms with E-state index in [2.05, 4.69) is 15.0 Å². The van der Waals surface area contributed by atoms with Crippen molar-refractivity contribution in [1.82, 2.24) is 19.7 Å². The van der Waals surface area contributed by atoms with Crippen molar-refractivity contribution in [1.29, 1.82) is 0 Å². The average molecular weight is 383 g/mol. The first-order valence-electron chi connectivity index (χ1n) is 10.2. The lowest BCUT2D eigenvalue weighted by Gasteiger charge is -2.32. The van der Waals surface area contributed by atoms with Crippen LogP contribution in [0.3, 0.4) is 0 Å². The number of likely N-dealkylation sites (N-methyl/N-ethyl adjacent to an activating group) is 1. The van der Waals surface area contributed by atoms with Crippen molar-refractivity contribution in [2.45, 2.75) is 38.3 Å². The Labute approximate surface area is 166 Å². The van der Waals surface area contributed by atoms with Gasteiger partial charge in [0.05, 0.1) is 11.7 Å². The Morgan fingerprint density at radius 2 is 2.14 bits per heavy atom. The highest BCUT2D eigenvalue weighted by Crippen LogP contribution is 2.21. The van der Waals surface area contributed by atoms with Gasteiger partial charge in [0, 0.05) is 58.4 Å². The number of nitrogens with zero attached hydrogens (tertiary/aromatic N) is 5. The maximum absolute atomic E-state index is 12.8. The average Bonchev–Trinajstić information content (AvgIpc) is 3.42. The predicted octanol–water partition coefficient (Wildman–Crippen LogP) is 2.45. The van der Waals surface area contributed by atoms with E-state index in [4.69, 9.17) is 4.74 Å². The van der Waals surface area contributed by atoms with E-state index in [-0.39, 0.29) is 12.0 Å². The molecule has 0 saturated carbocycles. The van der Waals surface area contributed by atoms with Gasteiger partial charge in [0.25, 0.3) is 5.91 Å². The number of pyridine rings is 1. The van der Waals surface area contributed by atoms with Crippen LogP contribution in [0, 0.1) is 5.92 Å². The molecule has 2 aromatic heterocycles.